The van der Waals surface area contributed by atoms with Crippen LogP contribution in [0.25, 0.3) is 0 Å². The van der Waals surface area contributed by atoms with Gasteiger partial charge in [0.1, 0.15) is 0 Å². The van der Waals surface area contributed by atoms with Crippen LogP contribution in [0.15, 0.2) is 109 Å². The maximum Gasteiger partial charge on any atom is 0.0675 e. The van der Waals surface area contributed by atoms with Crippen LogP contribution >= 0.6 is 7.92 Å². The van der Waals surface area contributed by atoms with E-state index >= 15 is 0 Å². The number of unbranched alkanes of at least 4 members (excludes halogenated alkanes) is 1. The maximum atomic E-state index is 6.05. The van der Waals surface area contributed by atoms with Crippen molar-refractivity contribution in [1.29, 1.82) is 0 Å². The van der Waals surface area contributed by atoms with Gasteiger partial charge in [-0.25, -0.2) is 0 Å². The van der Waals surface area contributed by atoms with Crippen molar-refractivity contribution in [1.82, 2.24) is 0 Å². The molecule has 0 spiro atoms. The SMILES string of the molecule is CO[C@H](CCCCC1C=CC=C1)C1C=CC=C1P(c1ccccc1)c1ccccc1. The lowest BCUT2D eigenvalue weighted by atomic mass is 9.96. The van der Waals surface area contributed by atoms with Gasteiger partial charge in [-0.1, -0.05) is 116 Å². The Bertz CT molecular complexity index is 859. The van der Waals surface area contributed by atoms with E-state index < -0.39 is 7.92 Å². The Morgan fingerprint density at radius 1 is 0.800 bits per heavy atom. The predicted octanol–water partition coefficient (Wildman–Crippen LogP) is 6.51. The van der Waals surface area contributed by atoms with E-state index in [0.29, 0.717) is 11.8 Å². The van der Waals surface area contributed by atoms with Crippen molar-refractivity contribution in [2.45, 2.75) is 31.8 Å². The van der Waals surface area contributed by atoms with Crippen LogP contribution in [0.5, 0.6) is 0 Å². The Balaban J connectivity index is 1.48. The predicted molar refractivity (Wildman–Crippen MR) is 131 cm³/mol. The molecule has 1 nitrogen and oxygen atoms in total. The number of benzene rings is 2. The third-order valence-electron chi connectivity index (χ3n) is 6.02. The lowest BCUT2D eigenvalue weighted by molar-refractivity contribution is 0.0725. The molecule has 0 saturated heterocycles. The van der Waals surface area contributed by atoms with Gasteiger partial charge in [0.25, 0.3) is 0 Å². The van der Waals surface area contributed by atoms with Gasteiger partial charge in [-0.2, -0.15) is 0 Å². The van der Waals surface area contributed by atoms with Crippen LogP contribution < -0.4 is 10.6 Å². The van der Waals surface area contributed by atoms with E-state index in [9.17, 15) is 0 Å². The maximum absolute atomic E-state index is 6.05. The van der Waals surface area contributed by atoms with Crippen molar-refractivity contribution < 1.29 is 4.74 Å². The van der Waals surface area contributed by atoms with Crippen molar-refractivity contribution in [3.63, 3.8) is 0 Å². The van der Waals surface area contributed by atoms with E-state index in [4.69, 9.17) is 4.74 Å². The molecule has 0 amide bonds. The zero-order valence-electron chi connectivity index (χ0n) is 17.7. The molecule has 0 bridgehead atoms. The van der Waals surface area contributed by atoms with Gasteiger partial charge in [0.05, 0.1) is 6.10 Å². The number of ether oxygens (including phenoxy) is 1. The second-order valence-corrected chi connectivity index (χ2v) is 10.2. The van der Waals surface area contributed by atoms with Gasteiger partial charge in [-0.15, -0.1) is 0 Å². The van der Waals surface area contributed by atoms with Crippen molar-refractivity contribution in [2.75, 3.05) is 7.11 Å². The molecule has 0 N–H and O–H groups in total. The monoisotopic (exact) mass is 414 g/mol. The largest absolute Gasteiger partial charge is 0.380 e. The lowest BCUT2D eigenvalue weighted by Crippen LogP contribution is -2.25. The number of allylic oxidation sites excluding steroid dienone is 6. The highest BCUT2D eigenvalue weighted by Crippen LogP contribution is 2.50. The van der Waals surface area contributed by atoms with Gasteiger partial charge in [0.15, 0.2) is 0 Å². The fourth-order valence-electron chi connectivity index (χ4n) is 4.46. The Morgan fingerprint density at radius 3 is 2.03 bits per heavy atom. The summed E-state index contributed by atoms with van der Waals surface area (Å²) in [7, 11) is 1.32. The van der Waals surface area contributed by atoms with Crippen molar-refractivity contribution in [2.24, 2.45) is 11.8 Å². The van der Waals surface area contributed by atoms with E-state index in [0.717, 1.165) is 6.42 Å². The van der Waals surface area contributed by atoms with Crippen LogP contribution in [0, 0.1) is 11.8 Å². The quantitative estimate of drug-likeness (QED) is 0.318. The average molecular weight is 415 g/mol. The normalized spacial score (nSPS) is 19.0. The molecule has 0 fully saturated rings. The molecule has 30 heavy (non-hydrogen) atoms. The summed E-state index contributed by atoms with van der Waals surface area (Å²) in [5, 5.41) is 4.33. The molecule has 0 radical (unpaired) electrons. The molecular weight excluding hydrogens is 383 g/mol. The second kappa shape index (κ2) is 10.7. The highest BCUT2D eigenvalue weighted by Gasteiger charge is 2.31. The number of methoxy groups -OCH3 is 1. The number of rotatable bonds is 10. The summed E-state index contributed by atoms with van der Waals surface area (Å²) in [4.78, 5) is 0. The van der Waals surface area contributed by atoms with Crippen LogP contribution in [0.2, 0.25) is 0 Å². The highest BCUT2D eigenvalue weighted by atomic mass is 31.1. The molecule has 2 aromatic carbocycles. The van der Waals surface area contributed by atoms with Gasteiger partial charge < -0.3 is 4.74 Å². The molecule has 0 aromatic heterocycles. The first-order valence-electron chi connectivity index (χ1n) is 11.0. The molecule has 0 heterocycles. The summed E-state index contributed by atoms with van der Waals surface area (Å²) in [5.41, 5.74) is 0. The van der Waals surface area contributed by atoms with Crippen LogP contribution in [-0.2, 0) is 4.74 Å². The number of hydrogen-bond acceptors (Lipinski definition) is 1. The summed E-state index contributed by atoms with van der Waals surface area (Å²) in [6.45, 7) is 0. The van der Waals surface area contributed by atoms with E-state index in [1.807, 2.05) is 7.11 Å². The van der Waals surface area contributed by atoms with E-state index in [2.05, 4.69) is 103 Å². The van der Waals surface area contributed by atoms with E-state index in [1.165, 1.54) is 35.2 Å². The van der Waals surface area contributed by atoms with E-state index in [1.54, 1.807) is 0 Å². The van der Waals surface area contributed by atoms with Crippen molar-refractivity contribution in [3.05, 3.63) is 109 Å². The average Bonchev–Trinajstić information content (AvgIpc) is 3.48. The smallest absolute Gasteiger partial charge is 0.0675 e. The molecule has 154 valence electrons. The first-order valence-corrected chi connectivity index (χ1v) is 12.4. The molecule has 2 aliphatic carbocycles. The molecule has 2 heteroatoms. The molecule has 2 aliphatic rings. The minimum absolute atomic E-state index is 0.238. The van der Waals surface area contributed by atoms with Gasteiger partial charge in [0.2, 0.25) is 0 Å². The van der Waals surface area contributed by atoms with Crippen LogP contribution in [-0.4, -0.2) is 13.2 Å². The first kappa shape index (κ1) is 21.0. The van der Waals surface area contributed by atoms with Gasteiger partial charge in [0, 0.05) is 13.0 Å². The Morgan fingerprint density at radius 2 is 1.43 bits per heavy atom. The summed E-state index contributed by atoms with van der Waals surface area (Å²) in [5.74, 6) is 0.990. The molecule has 0 aliphatic heterocycles. The molecule has 1 unspecified atom stereocenters. The zero-order chi connectivity index (χ0) is 20.6. The molecular formula is C28H31OP. The zero-order valence-corrected chi connectivity index (χ0v) is 18.6. The number of hydrogen-bond donors (Lipinski definition) is 0. The molecule has 4 rings (SSSR count). The third-order valence-corrected chi connectivity index (χ3v) is 8.61. The van der Waals surface area contributed by atoms with Gasteiger partial charge in [-0.05, 0) is 42.6 Å². The second-order valence-electron chi connectivity index (χ2n) is 8.00. The Labute approximate surface area is 182 Å². The topological polar surface area (TPSA) is 9.23 Å². The fraction of sp³-hybridized carbons (Fsp3) is 0.286. The summed E-state index contributed by atoms with van der Waals surface area (Å²) in [6.07, 6.45) is 20.9. The minimum atomic E-state index is -0.555. The van der Waals surface area contributed by atoms with E-state index in [-0.39, 0.29) is 6.10 Å². The Hall–Kier alpha value is -2.21. The molecule has 2 atom stereocenters. The third kappa shape index (κ3) is 5.09. The first-order chi connectivity index (χ1) is 14.9. The van der Waals surface area contributed by atoms with Crippen LogP contribution in [0.3, 0.4) is 0 Å². The van der Waals surface area contributed by atoms with Crippen molar-refractivity contribution >= 4 is 18.5 Å². The van der Waals surface area contributed by atoms with Gasteiger partial charge in [-0.3, -0.25) is 0 Å². The summed E-state index contributed by atoms with van der Waals surface area (Å²) >= 11 is 0. The Kier molecular flexibility index (Phi) is 7.51. The molecule has 0 saturated carbocycles. The summed E-state index contributed by atoms with van der Waals surface area (Å²) < 4.78 is 6.05. The highest BCUT2D eigenvalue weighted by molar-refractivity contribution is 7.76. The fourth-order valence-corrected chi connectivity index (χ4v) is 7.08. The van der Waals surface area contributed by atoms with Gasteiger partial charge >= 0.3 is 0 Å². The van der Waals surface area contributed by atoms with Crippen LogP contribution in [0.1, 0.15) is 25.7 Å². The molecule has 2 aromatic rings. The van der Waals surface area contributed by atoms with Crippen LogP contribution in [0.4, 0.5) is 0 Å². The van der Waals surface area contributed by atoms with Crippen molar-refractivity contribution in [3.8, 4) is 0 Å². The summed E-state index contributed by atoms with van der Waals surface area (Å²) in [6, 6.07) is 21.9. The lowest BCUT2D eigenvalue weighted by Gasteiger charge is -2.30. The minimum Gasteiger partial charge on any atom is -0.380 e. The standard InChI is InChI=1S/C28H31OP/c1-29-27(21-11-10-15-23-13-8-9-14-23)26-20-12-22-28(26)30(24-16-4-2-5-17-24)25-18-6-3-7-19-25/h2-9,12-14,16-20,22-23,26-27H,10-11,15,21H2,1H3/t26?,27-/m1/s1.